The fourth-order valence-corrected chi connectivity index (χ4v) is 2.96. The Morgan fingerprint density at radius 1 is 1.50 bits per heavy atom. The summed E-state index contributed by atoms with van der Waals surface area (Å²) in [5.74, 6) is 0.0525. The molecule has 5 nitrogen and oxygen atoms in total. The highest BCUT2D eigenvalue weighted by molar-refractivity contribution is 7.89. The van der Waals surface area contributed by atoms with E-state index in [4.69, 9.17) is 10.5 Å². The summed E-state index contributed by atoms with van der Waals surface area (Å²) in [4.78, 5) is 0. The van der Waals surface area contributed by atoms with Gasteiger partial charge in [0.25, 0.3) is 0 Å². The minimum atomic E-state index is -3.14. The lowest BCUT2D eigenvalue weighted by Gasteiger charge is -2.44. The molecule has 14 heavy (non-hydrogen) atoms. The molecule has 0 unspecified atom stereocenters. The number of sulfonamides is 1. The lowest BCUT2D eigenvalue weighted by molar-refractivity contribution is 0.153. The molecule has 0 aromatic heterocycles. The van der Waals surface area contributed by atoms with Crippen LogP contribution in [0.4, 0.5) is 0 Å². The lowest BCUT2D eigenvalue weighted by Crippen LogP contribution is -2.67. The molecule has 0 saturated carbocycles. The average Bonchev–Trinajstić information content (AvgIpc) is 2.00. The first-order valence-corrected chi connectivity index (χ1v) is 6.33. The van der Waals surface area contributed by atoms with Crippen molar-refractivity contribution in [1.82, 2.24) is 4.31 Å². The predicted octanol–water partition coefficient (Wildman–Crippen LogP) is -0.614. The van der Waals surface area contributed by atoms with Crippen LogP contribution in [0.1, 0.15) is 13.8 Å². The Bertz CT molecular complexity index is 279. The number of hydrogen-bond donors (Lipinski definition) is 1. The second-order valence-corrected chi connectivity index (χ2v) is 6.02. The van der Waals surface area contributed by atoms with E-state index in [9.17, 15) is 8.42 Å². The van der Waals surface area contributed by atoms with Gasteiger partial charge in [-0.3, -0.25) is 0 Å². The maximum Gasteiger partial charge on any atom is 0.216 e. The molecule has 0 amide bonds. The summed E-state index contributed by atoms with van der Waals surface area (Å²) in [7, 11) is -3.14. The van der Waals surface area contributed by atoms with Crippen molar-refractivity contribution in [1.29, 1.82) is 0 Å². The maximum absolute atomic E-state index is 11.6. The molecule has 1 fully saturated rings. The fraction of sp³-hybridized carbons (Fsp3) is 1.00. The van der Waals surface area contributed by atoms with Crippen LogP contribution < -0.4 is 5.73 Å². The van der Waals surface area contributed by atoms with Gasteiger partial charge in [0.15, 0.2) is 0 Å². The highest BCUT2D eigenvalue weighted by Gasteiger charge is 2.41. The smallest absolute Gasteiger partial charge is 0.216 e. The summed E-state index contributed by atoms with van der Waals surface area (Å²) in [5.41, 5.74) is 5.38. The average molecular weight is 222 g/mol. The zero-order valence-electron chi connectivity index (χ0n) is 8.69. The van der Waals surface area contributed by atoms with E-state index >= 15 is 0 Å². The van der Waals surface area contributed by atoms with Gasteiger partial charge in [0.2, 0.25) is 10.0 Å². The second-order valence-electron chi connectivity index (χ2n) is 3.94. The Hall–Kier alpha value is -0.170. The van der Waals surface area contributed by atoms with Gasteiger partial charge in [-0.25, -0.2) is 8.42 Å². The van der Waals surface area contributed by atoms with Crippen LogP contribution >= 0.6 is 0 Å². The zero-order valence-corrected chi connectivity index (χ0v) is 9.51. The van der Waals surface area contributed by atoms with Crippen LogP contribution in [0.25, 0.3) is 0 Å². The molecule has 0 spiro atoms. The molecule has 6 heteroatoms. The van der Waals surface area contributed by atoms with E-state index in [-0.39, 0.29) is 17.9 Å². The maximum atomic E-state index is 11.6. The summed E-state index contributed by atoms with van der Waals surface area (Å²) >= 11 is 0. The van der Waals surface area contributed by atoms with E-state index in [0.717, 1.165) is 0 Å². The van der Waals surface area contributed by atoms with Gasteiger partial charge in [-0.15, -0.1) is 0 Å². The molecule has 0 aromatic rings. The van der Waals surface area contributed by atoms with Crippen molar-refractivity contribution in [3.05, 3.63) is 0 Å². The summed E-state index contributed by atoms with van der Waals surface area (Å²) in [6.45, 7) is 5.33. The predicted molar refractivity (Wildman–Crippen MR) is 54.4 cm³/mol. The molecule has 1 heterocycles. The van der Waals surface area contributed by atoms with E-state index in [1.165, 1.54) is 4.31 Å². The summed E-state index contributed by atoms with van der Waals surface area (Å²) in [5, 5.41) is 0. The normalized spacial score (nSPS) is 21.9. The Morgan fingerprint density at radius 3 is 2.50 bits per heavy atom. The van der Waals surface area contributed by atoms with Gasteiger partial charge in [0.05, 0.1) is 12.4 Å². The molecule has 0 radical (unpaired) electrons. The Labute approximate surface area is 85.3 Å². The molecule has 84 valence electrons. The first-order chi connectivity index (χ1) is 6.37. The second kappa shape index (κ2) is 4.14. The highest BCUT2D eigenvalue weighted by atomic mass is 32.2. The molecule has 0 atom stereocenters. The fourth-order valence-electron chi connectivity index (χ4n) is 1.39. The number of hydrogen-bond acceptors (Lipinski definition) is 4. The largest absolute Gasteiger partial charge is 0.381 e. The minimum Gasteiger partial charge on any atom is -0.381 e. The molecule has 0 aromatic carbocycles. The quantitative estimate of drug-likeness (QED) is 0.630. The van der Waals surface area contributed by atoms with E-state index in [1.807, 2.05) is 13.8 Å². The first kappa shape index (κ1) is 11.9. The van der Waals surface area contributed by atoms with Crippen LogP contribution in [-0.2, 0) is 14.8 Å². The van der Waals surface area contributed by atoms with Crippen LogP contribution in [0.15, 0.2) is 0 Å². The molecule has 2 N–H and O–H groups in total. The Balaban J connectivity index is 2.36. The number of ether oxygens (including phenoxy) is 1. The molecular formula is C8H18N2O3S. The SMILES string of the molecule is CCOCCS(=O)(=O)N1CC(C)(N)C1. The van der Waals surface area contributed by atoms with Gasteiger partial charge >= 0.3 is 0 Å². The third-order valence-electron chi connectivity index (χ3n) is 2.16. The van der Waals surface area contributed by atoms with Crippen molar-refractivity contribution in [2.45, 2.75) is 19.4 Å². The molecule has 0 aliphatic carbocycles. The van der Waals surface area contributed by atoms with E-state index < -0.39 is 10.0 Å². The van der Waals surface area contributed by atoms with Crippen LogP contribution in [0.2, 0.25) is 0 Å². The molecule has 1 saturated heterocycles. The van der Waals surface area contributed by atoms with Crippen LogP contribution in [0.3, 0.4) is 0 Å². The highest BCUT2D eigenvalue weighted by Crippen LogP contribution is 2.20. The van der Waals surface area contributed by atoms with Crippen molar-refractivity contribution in [2.24, 2.45) is 5.73 Å². The van der Waals surface area contributed by atoms with Gasteiger partial charge in [0.1, 0.15) is 0 Å². The molecular weight excluding hydrogens is 204 g/mol. The van der Waals surface area contributed by atoms with Crippen molar-refractivity contribution < 1.29 is 13.2 Å². The van der Waals surface area contributed by atoms with E-state index in [1.54, 1.807) is 0 Å². The molecule has 1 rings (SSSR count). The first-order valence-electron chi connectivity index (χ1n) is 4.72. The molecule has 1 aliphatic heterocycles. The monoisotopic (exact) mass is 222 g/mol. The summed E-state index contributed by atoms with van der Waals surface area (Å²) in [6.07, 6.45) is 0. The topological polar surface area (TPSA) is 72.6 Å². The van der Waals surface area contributed by atoms with E-state index in [2.05, 4.69) is 0 Å². The molecule has 1 aliphatic rings. The van der Waals surface area contributed by atoms with Gasteiger partial charge < -0.3 is 10.5 Å². The third-order valence-corrected chi connectivity index (χ3v) is 3.89. The Morgan fingerprint density at radius 2 is 2.07 bits per heavy atom. The van der Waals surface area contributed by atoms with Crippen LogP contribution in [0, 0.1) is 0 Å². The summed E-state index contributed by atoms with van der Waals surface area (Å²) < 4.78 is 29.5. The van der Waals surface area contributed by atoms with Gasteiger partial charge in [0, 0.05) is 25.2 Å². The minimum absolute atomic E-state index is 0.0525. The van der Waals surface area contributed by atoms with Crippen molar-refractivity contribution in [3.8, 4) is 0 Å². The lowest BCUT2D eigenvalue weighted by atomic mass is 9.97. The van der Waals surface area contributed by atoms with Crippen molar-refractivity contribution in [2.75, 3.05) is 32.1 Å². The third kappa shape index (κ3) is 2.91. The van der Waals surface area contributed by atoms with Crippen molar-refractivity contribution in [3.63, 3.8) is 0 Å². The summed E-state index contributed by atoms with van der Waals surface area (Å²) in [6, 6.07) is 0. The number of nitrogens with zero attached hydrogens (tertiary/aromatic N) is 1. The zero-order chi connectivity index (χ0) is 10.8. The van der Waals surface area contributed by atoms with Gasteiger partial charge in [-0.1, -0.05) is 0 Å². The number of rotatable bonds is 5. The van der Waals surface area contributed by atoms with E-state index in [0.29, 0.717) is 19.7 Å². The van der Waals surface area contributed by atoms with Crippen LogP contribution in [0.5, 0.6) is 0 Å². The standard InChI is InChI=1S/C8H18N2O3S/c1-3-13-4-5-14(11,12)10-6-8(2,9)7-10/h3-7,9H2,1-2H3. The number of nitrogens with two attached hydrogens (primary N) is 1. The van der Waals surface area contributed by atoms with Crippen molar-refractivity contribution >= 4 is 10.0 Å². The van der Waals surface area contributed by atoms with Gasteiger partial charge in [-0.2, -0.15) is 4.31 Å². The molecule has 0 bridgehead atoms. The van der Waals surface area contributed by atoms with Gasteiger partial charge in [-0.05, 0) is 13.8 Å². The Kier molecular flexibility index (Phi) is 3.52. The van der Waals surface area contributed by atoms with Crippen LogP contribution in [-0.4, -0.2) is 50.3 Å².